The predicted octanol–water partition coefficient (Wildman–Crippen LogP) is 2.81. The van der Waals surface area contributed by atoms with Crippen molar-refractivity contribution in [3.63, 3.8) is 0 Å². The van der Waals surface area contributed by atoms with E-state index < -0.39 is 0 Å². The van der Waals surface area contributed by atoms with Gasteiger partial charge >= 0.3 is 0 Å². The van der Waals surface area contributed by atoms with Gasteiger partial charge < -0.3 is 15.0 Å². The largest absolute Gasteiger partial charge is 0.496 e. The molecule has 0 radical (unpaired) electrons. The van der Waals surface area contributed by atoms with Crippen molar-refractivity contribution in [2.75, 3.05) is 13.7 Å². The van der Waals surface area contributed by atoms with Crippen LogP contribution in [0.4, 0.5) is 0 Å². The van der Waals surface area contributed by atoms with Gasteiger partial charge in [0.25, 0.3) is 0 Å². The number of imidazole rings is 1. The summed E-state index contributed by atoms with van der Waals surface area (Å²) in [4.78, 5) is 7.99. The molecule has 19 heavy (non-hydrogen) atoms. The summed E-state index contributed by atoms with van der Waals surface area (Å²) in [5.74, 6) is 1.81. The molecule has 0 saturated carbocycles. The third-order valence-electron chi connectivity index (χ3n) is 3.09. The topological polar surface area (TPSA) is 49.9 Å². The minimum Gasteiger partial charge on any atom is -0.496 e. The SMILES string of the molecule is CCNCc1nc(-c2cc(C)ccc2OC)c(C)[nH]1. The van der Waals surface area contributed by atoms with Crippen molar-refractivity contribution in [2.24, 2.45) is 0 Å². The maximum Gasteiger partial charge on any atom is 0.128 e. The molecule has 0 bridgehead atoms. The maximum atomic E-state index is 5.43. The fraction of sp³-hybridized carbons (Fsp3) is 0.400. The first-order valence-electron chi connectivity index (χ1n) is 6.57. The van der Waals surface area contributed by atoms with Crippen LogP contribution in [0.15, 0.2) is 18.2 Å². The summed E-state index contributed by atoms with van der Waals surface area (Å²) in [6.07, 6.45) is 0. The number of methoxy groups -OCH3 is 1. The smallest absolute Gasteiger partial charge is 0.128 e. The van der Waals surface area contributed by atoms with E-state index >= 15 is 0 Å². The highest BCUT2D eigenvalue weighted by atomic mass is 16.5. The van der Waals surface area contributed by atoms with Crippen LogP contribution in [0, 0.1) is 13.8 Å². The molecule has 0 amide bonds. The number of aromatic amines is 1. The van der Waals surface area contributed by atoms with Gasteiger partial charge in [0.1, 0.15) is 11.6 Å². The molecule has 0 spiro atoms. The van der Waals surface area contributed by atoms with Crippen LogP contribution < -0.4 is 10.1 Å². The average Bonchev–Trinajstić information content (AvgIpc) is 2.77. The number of nitrogens with zero attached hydrogens (tertiary/aromatic N) is 1. The summed E-state index contributed by atoms with van der Waals surface area (Å²) in [6, 6.07) is 6.14. The number of aryl methyl sites for hydroxylation is 2. The van der Waals surface area contributed by atoms with Gasteiger partial charge in [-0.15, -0.1) is 0 Å². The van der Waals surface area contributed by atoms with E-state index in [0.29, 0.717) is 0 Å². The van der Waals surface area contributed by atoms with E-state index in [2.05, 4.69) is 35.2 Å². The summed E-state index contributed by atoms with van der Waals surface area (Å²) < 4.78 is 5.43. The third-order valence-corrected chi connectivity index (χ3v) is 3.09. The van der Waals surface area contributed by atoms with Gasteiger partial charge in [-0.2, -0.15) is 0 Å². The molecule has 0 saturated heterocycles. The number of hydrogen-bond acceptors (Lipinski definition) is 3. The zero-order valence-corrected chi connectivity index (χ0v) is 12.0. The first-order valence-corrected chi connectivity index (χ1v) is 6.57. The lowest BCUT2D eigenvalue weighted by Crippen LogP contribution is -2.12. The van der Waals surface area contributed by atoms with Crippen molar-refractivity contribution in [1.29, 1.82) is 0 Å². The number of H-pyrrole nitrogens is 1. The molecular formula is C15H21N3O. The Morgan fingerprint density at radius 2 is 2.11 bits per heavy atom. The second kappa shape index (κ2) is 5.89. The summed E-state index contributed by atoms with van der Waals surface area (Å²) in [5, 5.41) is 3.27. The summed E-state index contributed by atoms with van der Waals surface area (Å²) in [6.45, 7) is 7.89. The first-order chi connectivity index (χ1) is 9.15. The Balaban J connectivity index is 2.40. The van der Waals surface area contributed by atoms with Gasteiger partial charge in [0.15, 0.2) is 0 Å². The normalized spacial score (nSPS) is 10.7. The lowest BCUT2D eigenvalue weighted by atomic mass is 10.1. The molecule has 2 N–H and O–H groups in total. The number of aromatic nitrogens is 2. The molecule has 1 heterocycles. The Hall–Kier alpha value is -1.81. The minimum absolute atomic E-state index is 0.755. The van der Waals surface area contributed by atoms with Gasteiger partial charge in [-0.05, 0) is 32.5 Å². The number of benzene rings is 1. The molecule has 102 valence electrons. The van der Waals surface area contributed by atoms with Crippen LogP contribution in [-0.2, 0) is 6.54 Å². The van der Waals surface area contributed by atoms with Crippen LogP contribution in [0.3, 0.4) is 0 Å². The highest BCUT2D eigenvalue weighted by Gasteiger charge is 2.13. The van der Waals surface area contributed by atoms with Gasteiger partial charge in [-0.3, -0.25) is 0 Å². The molecule has 2 rings (SSSR count). The van der Waals surface area contributed by atoms with Crippen LogP contribution in [0.1, 0.15) is 24.0 Å². The van der Waals surface area contributed by atoms with Crippen LogP contribution in [0.25, 0.3) is 11.3 Å². The Morgan fingerprint density at radius 3 is 2.79 bits per heavy atom. The Bertz CT molecular complexity index is 561. The molecule has 0 unspecified atom stereocenters. The molecule has 4 heteroatoms. The minimum atomic E-state index is 0.755. The molecule has 0 aliphatic heterocycles. The Morgan fingerprint density at radius 1 is 1.32 bits per heavy atom. The van der Waals surface area contributed by atoms with E-state index in [0.717, 1.165) is 41.6 Å². The summed E-state index contributed by atoms with van der Waals surface area (Å²) in [7, 11) is 1.69. The van der Waals surface area contributed by atoms with Gasteiger partial charge in [0, 0.05) is 11.3 Å². The molecule has 0 aliphatic rings. The van der Waals surface area contributed by atoms with Crippen LogP contribution in [0.2, 0.25) is 0 Å². The van der Waals surface area contributed by atoms with E-state index in [1.165, 1.54) is 5.56 Å². The average molecular weight is 259 g/mol. The highest BCUT2D eigenvalue weighted by molar-refractivity contribution is 5.70. The molecule has 0 aliphatic carbocycles. The number of nitrogens with one attached hydrogen (secondary N) is 2. The predicted molar refractivity (Wildman–Crippen MR) is 77.4 cm³/mol. The molecular weight excluding hydrogens is 238 g/mol. The van der Waals surface area contributed by atoms with E-state index in [9.17, 15) is 0 Å². The first kappa shape index (κ1) is 13.6. The van der Waals surface area contributed by atoms with Crippen molar-refractivity contribution >= 4 is 0 Å². The van der Waals surface area contributed by atoms with Crippen LogP contribution >= 0.6 is 0 Å². The third kappa shape index (κ3) is 2.96. The quantitative estimate of drug-likeness (QED) is 0.868. The van der Waals surface area contributed by atoms with Gasteiger partial charge in [0.05, 0.1) is 19.3 Å². The van der Waals surface area contributed by atoms with Gasteiger partial charge in [0.2, 0.25) is 0 Å². The maximum absolute atomic E-state index is 5.43. The van der Waals surface area contributed by atoms with Crippen molar-refractivity contribution in [1.82, 2.24) is 15.3 Å². The van der Waals surface area contributed by atoms with Crippen molar-refractivity contribution < 1.29 is 4.74 Å². The molecule has 0 fully saturated rings. The Kier molecular flexibility index (Phi) is 4.22. The molecule has 1 aromatic heterocycles. The lowest BCUT2D eigenvalue weighted by molar-refractivity contribution is 0.416. The van der Waals surface area contributed by atoms with Gasteiger partial charge in [-0.25, -0.2) is 4.98 Å². The highest BCUT2D eigenvalue weighted by Crippen LogP contribution is 2.31. The van der Waals surface area contributed by atoms with E-state index in [1.807, 2.05) is 19.1 Å². The van der Waals surface area contributed by atoms with E-state index in [-0.39, 0.29) is 0 Å². The van der Waals surface area contributed by atoms with Crippen LogP contribution in [0.5, 0.6) is 5.75 Å². The van der Waals surface area contributed by atoms with E-state index in [1.54, 1.807) is 7.11 Å². The molecule has 2 aromatic rings. The number of rotatable bonds is 5. The zero-order chi connectivity index (χ0) is 13.8. The fourth-order valence-corrected chi connectivity index (χ4v) is 2.12. The van der Waals surface area contributed by atoms with Gasteiger partial charge in [-0.1, -0.05) is 18.6 Å². The number of ether oxygens (including phenoxy) is 1. The summed E-state index contributed by atoms with van der Waals surface area (Å²) in [5.41, 5.74) is 4.27. The molecule has 4 nitrogen and oxygen atoms in total. The lowest BCUT2D eigenvalue weighted by Gasteiger charge is -2.08. The Labute approximate surface area is 114 Å². The van der Waals surface area contributed by atoms with E-state index in [4.69, 9.17) is 4.74 Å². The van der Waals surface area contributed by atoms with Crippen molar-refractivity contribution in [3.8, 4) is 17.0 Å². The second-order valence-corrected chi connectivity index (χ2v) is 4.64. The van der Waals surface area contributed by atoms with Crippen LogP contribution in [-0.4, -0.2) is 23.6 Å². The summed E-state index contributed by atoms with van der Waals surface area (Å²) >= 11 is 0. The second-order valence-electron chi connectivity index (χ2n) is 4.64. The molecule has 1 aromatic carbocycles. The standard InChI is InChI=1S/C15H21N3O/c1-5-16-9-14-17-11(3)15(18-14)12-8-10(2)6-7-13(12)19-4/h6-8,16H,5,9H2,1-4H3,(H,17,18). The fourth-order valence-electron chi connectivity index (χ4n) is 2.12. The zero-order valence-electron chi connectivity index (χ0n) is 12.0. The number of hydrogen-bond donors (Lipinski definition) is 2. The van der Waals surface area contributed by atoms with Crippen molar-refractivity contribution in [2.45, 2.75) is 27.3 Å². The van der Waals surface area contributed by atoms with Crippen molar-refractivity contribution in [3.05, 3.63) is 35.3 Å². The monoisotopic (exact) mass is 259 g/mol. The molecule has 0 atom stereocenters.